The Hall–Kier alpha value is -0.130. The van der Waals surface area contributed by atoms with Crippen molar-refractivity contribution in [1.29, 1.82) is 0 Å². The van der Waals surface area contributed by atoms with E-state index in [0.717, 1.165) is 0 Å². The third-order valence-corrected chi connectivity index (χ3v) is 1.49. The van der Waals surface area contributed by atoms with Gasteiger partial charge in [-0.15, -0.1) is 0 Å². The first kappa shape index (κ1) is 8.87. The van der Waals surface area contributed by atoms with Gasteiger partial charge in [0.25, 0.3) is 0 Å². The lowest BCUT2D eigenvalue weighted by atomic mass is 10.4. The minimum Gasteiger partial charge on any atom is -0.232 e. The van der Waals surface area contributed by atoms with E-state index in [9.17, 15) is 8.42 Å². The second-order valence-electron chi connectivity index (χ2n) is 2.06. The lowest BCUT2D eigenvalue weighted by Gasteiger charge is -2.17. The lowest BCUT2D eigenvalue weighted by Crippen LogP contribution is -2.38. The molecule has 0 aliphatic heterocycles. The molecular formula is C4H12N2O2S. The molecule has 56 valence electrons. The fraction of sp³-hybridized carbons (Fsp3) is 1.00. The van der Waals surface area contributed by atoms with E-state index in [1.165, 1.54) is 5.01 Å². The molecule has 0 fully saturated rings. The van der Waals surface area contributed by atoms with E-state index in [1.54, 1.807) is 7.05 Å². The van der Waals surface area contributed by atoms with Gasteiger partial charge in [-0.1, -0.05) is 0 Å². The number of nitrogens with zero attached hydrogens (tertiary/aromatic N) is 1. The van der Waals surface area contributed by atoms with Crippen molar-refractivity contribution in [3.8, 4) is 0 Å². The molecular weight excluding hydrogens is 140 g/mol. The number of hydrazine groups is 1. The highest BCUT2D eigenvalue weighted by Gasteiger charge is 2.00. The zero-order valence-corrected chi connectivity index (χ0v) is 6.68. The molecule has 0 unspecified atom stereocenters. The molecule has 0 bridgehead atoms. The second kappa shape index (κ2) is 3.81. The van der Waals surface area contributed by atoms with Gasteiger partial charge in [0.05, 0.1) is 0 Å². The van der Waals surface area contributed by atoms with Gasteiger partial charge in [0.2, 0.25) is 10.9 Å². The monoisotopic (exact) mass is 152 g/mol. The van der Waals surface area contributed by atoms with Gasteiger partial charge < -0.3 is 0 Å². The third-order valence-electron chi connectivity index (χ3n) is 1.01. The maximum absolute atomic E-state index is 10.00. The first-order valence-electron chi connectivity index (χ1n) is 2.67. The van der Waals surface area contributed by atoms with E-state index in [-0.39, 0.29) is 6.04 Å². The summed E-state index contributed by atoms with van der Waals surface area (Å²) in [5.74, 6) is 0. The average Bonchev–Trinajstić information content (AvgIpc) is 1.63. The maximum Gasteiger partial charge on any atom is 0.214 e. The normalized spacial score (nSPS) is 11.8. The van der Waals surface area contributed by atoms with Crippen LogP contribution in [0.3, 0.4) is 0 Å². The molecule has 0 radical (unpaired) electrons. The van der Waals surface area contributed by atoms with Crippen LogP contribution in [-0.4, -0.2) is 26.5 Å². The zero-order valence-electron chi connectivity index (χ0n) is 5.79. The van der Waals surface area contributed by atoms with Gasteiger partial charge in [0.1, 0.15) is 0 Å². The van der Waals surface area contributed by atoms with Crippen molar-refractivity contribution < 1.29 is 8.42 Å². The van der Waals surface area contributed by atoms with Crippen LogP contribution >= 0.6 is 0 Å². The van der Waals surface area contributed by atoms with Crippen molar-refractivity contribution in [2.45, 2.75) is 19.9 Å². The van der Waals surface area contributed by atoms with Crippen LogP contribution in [0.4, 0.5) is 0 Å². The Kier molecular flexibility index (Phi) is 3.76. The predicted octanol–water partition coefficient (Wildman–Crippen LogP) is -0.642. The summed E-state index contributed by atoms with van der Waals surface area (Å²) in [5.41, 5.74) is 0. The molecule has 0 aromatic heterocycles. The molecule has 0 aromatic carbocycles. The van der Waals surface area contributed by atoms with E-state index in [0.29, 0.717) is 0 Å². The van der Waals surface area contributed by atoms with Crippen molar-refractivity contribution in [3.63, 3.8) is 0 Å². The SMILES string of the molecule is CC(C)N(C)N[SH](=O)=O. The van der Waals surface area contributed by atoms with E-state index < -0.39 is 10.9 Å². The highest BCUT2D eigenvalue weighted by atomic mass is 32.2. The van der Waals surface area contributed by atoms with Crippen molar-refractivity contribution >= 4 is 10.9 Å². The summed E-state index contributed by atoms with van der Waals surface area (Å²) >= 11 is 0. The second-order valence-corrected chi connectivity index (χ2v) is 2.78. The first-order valence-corrected chi connectivity index (χ1v) is 3.85. The molecule has 0 atom stereocenters. The highest BCUT2D eigenvalue weighted by molar-refractivity contribution is 7.70. The Bertz CT molecular complexity index is 136. The van der Waals surface area contributed by atoms with Crippen LogP contribution in [0.25, 0.3) is 0 Å². The van der Waals surface area contributed by atoms with Crippen molar-refractivity contribution in [1.82, 2.24) is 9.84 Å². The summed E-state index contributed by atoms with van der Waals surface area (Å²) in [6.07, 6.45) is 0. The van der Waals surface area contributed by atoms with Crippen LogP contribution in [0.5, 0.6) is 0 Å². The van der Waals surface area contributed by atoms with Crippen LogP contribution in [0.2, 0.25) is 0 Å². The zero-order chi connectivity index (χ0) is 7.44. The Balaban J connectivity index is 3.63. The van der Waals surface area contributed by atoms with Gasteiger partial charge in [-0.2, -0.15) is 4.83 Å². The molecule has 0 spiro atoms. The fourth-order valence-electron chi connectivity index (χ4n) is 0.244. The first-order chi connectivity index (χ1) is 4.04. The maximum atomic E-state index is 10.00. The minimum atomic E-state index is -2.50. The molecule has 0 aromatic rings. The molecule has 1 N–H and O–H groups in total. The Labute approximate surface area is 56.9 Å². The molecule has 5 heteroatoms. The molecule has 0 aliphatic rings. The smallest absolute Gasteiger partial charge is 0.214 e. The molecule has 0 amide bonds. The Morgan fingerprint density at radius 3 is 2.00 bits per heavy atom. The summed E-state index contributed by atoms with van der Waals surface area (Å²) in [5, 5.41) is 1.52. The summed E-state index contributed by atoms with van der Waals surface area (Å²) in [6.45, 7) is 3.79. The van der Waals surface area contributed by atoms with Crippen LogP contribution < -0.4 is 4.83 Å². The van der Waals surface area contributed by atoms with Crippen LogP contribution in [0.15, 0.2) is 0 Å². The summed E-state index contributed by atoms with van der Waals surface area (Å²) in [4.78, 5) is 2.23. The summed E-state index contributed by atoms with van der Waals surface area (Å²) < 4.78 is 20.0. The summed E-state index contributed by atoms with van der Waals surface area (Å²) in [7, 11) is -0.820. The minimum absolute atomic E-state index is 0.192. The van der Waals surface area contributed by atoms with Crippen molar-refractivity contribution in [2.75, 3.05) is 7.05 Å². The van der Waals surface area contributed by atoms with Crippen LogP contribution in [0.1, 0.15) is 13.8 Å². The number of thiol groups is 1. The number of rotatable bonds is 3. The molecule has 0 heterocycles. The van der Waals surface area contributed by atoms with Crippen LogP contribution in [-0.2, 0) is 10.9 Å². The molecule has 0 saturated heterocycles. The summed E-state index contributed by atoms with van der Waals surface area (Å²) in [6, 6.07) is 0.192. The molecule has 0 aliphatic carbocycles. The highest BCUT2D eigenvalue weighted by Crippen LogP contribution is 1.85. The molecule has 9 heavy (non-hydrogen) atoms. The lowest BCUT2D eigenvalue weighted by molar-refractivity contribution is 0.243. The van der Waals surface area contributed by atoms with Gasteiger partial charge >= 0.3 is 0 Å². The quantitative estimate of drug-likeness (QED) is 0.417. The van der Waals surface area contributed by atoms with E-state index in [4.69, 9.17) is 0 Å². The Morgan fingerprint density at radius 2 is 1.89 bits per heavy atom. The van der Waals surface area contributed by atoms with Gasteiger partial charge in [-0.3, -0.25) is 0 Å². The number of hydrogen-bond donors (Lipinski definition) is 2. The standard InChI is InChI=1S/C4H12N2O2S/c1-4(2)6(3)5-9(7)8/h4,9H,1-3H3,(H,5,7,8). The Morgan fingerprint density at radius 1 is 1.44 bits per heavy atom. The van der Waals surface area contributed by atoms with E-state index >= 15 is 0 Å². The predicted molar refractivity (Wildman–Crippen MR) is 36.3 cm³/mol. The number of hydrogen-bond acceptors (Lipinski definition) is 3. The van der Waals surface area contributed by atoms with Crippen LogP contribution in [0, 0.1) is 0 Å². The molecule has 4 nitrogen and oxygen atoms in total. The average molecular weight is 152 g/mol. The largest absolute Gasteiger partial charge is 0.232 e. The van der Waals surface area contributed by atoms with Gasteiger partial charge in [-0.25, -0.2) is 13.4 Å². The van der Waals surface area contributed by atoms with Gasteiger partial charge in [-0.05, 0) is 13.8 Å². The number of nitrogens with one attached hydrogen (secondary N) is 1. The fourth-order valence-corrected chi connectivity index (χ4v) is 0.733. The van der Waals surface area contributed by atoms with Gasteiger partial charge in [0.15, 0.2) is 0 Å². The molecule has 0 saturated carbocycles. The van der Waals surface area contributed by atoms with Crippen molar-refractivity contribution in [2.24, 2.45) is 0 Å². The van der Waals surface area contributed by atoms with E-state index in [1.807, 2.05) is 13.8 Å². The third kappa shape index (κ3) is 4.38. The van der Waals surface area contributed by atoms with Gasteiger partial charge in [0, 0.05) is 13.1 Å². The molecule has 0 rings (SSSR count). The van der Waals surface area contributed by atoms with Crippen molar-refractivity contribution in [3.05, 3.63) is 0 Å². The topological polar surface area (TPSA) is 49.4 Å². The van der Waals surface area contributed by atoms with E-state index in [2.05, 4.69) is 4.83 Å².